The number of carbonyl (C=O) groups is 4. The third kappa shape index (κ3) is 25.3. The molecule has 2 atom stereocenters. The van der Waals surface area contributed by atoms with E-state index in [1.54, 1.807) is 0 Å². The van der Waals surface area contributed by atoms with Crippen LogP contribution in [0.25, 0.3) is 0 Å². The van der Waals surface area contributed by atoms with Gasteiger partial charge in [0.05, 0.1) is 25.3 Å². The van der Waals surface area contributed by atoms with Crippen molar-refractivity contribution in [2.24, 2.45) is 22.9 Å². The predicted molar refractivity (Wildman–Crippen MR) is 161 cm³/mol. The molecular weight excluding hydrogens is 548 g/mol. The number of hydrogen-bond acceptors (Lipinski definition) is 12. The molecule has 0 spiro atoms. The van der Waals surface area contributed by atoms with Gasteiger partial charge in [0.1, 0.15) is 0 Å². The Labute approximate surface area is 249 Å². The highest BCUT2D eigenvalue weighted by atomic mass is 16.5. The number of amides is 4. The van der Waals surface area contributed by atoms with Gasteiger partial charge in [-0.25, -0.2) is 0 Å². The fourth-order valence-electron chi connectivity index (χ4n) is 3.40. The fraction of sp³-hybridized carbons (Fsp3) is 0.846. The lowest BCUT2D eigenvalue weighted by Crippen LogP contribution is -2.42. The zero-order valence-electron chi connectivity index (χ0n) is 25.1. The first kappa shape index (κ1) is 39.6. The maximum Gasteiger partial charge on any atom is 0.236 e. The molecule has 0 fully saturated rings. The molecule has 0 aliphatic rings. The minimum Gasteiger partial charge on any atom is -0.379 e. The van der Waals surface area contributed by atoms with Crippen molar-refractivity contribution in [2.45, 2.75) is 50.6 Å². The molecule has 0 saturated heterocycles. The van der Waals surface area contributed by atoms with Crippen LogP contribution >= 0.6 is 0 Å². The summed E-state index contributed by atoms with van der Waals surface area (Å²) in [6.45, 7) is 7.32. The van der Waals surface area contributed by atoms with E-state index in [0.29, 0.717) is 105 Å². The highest BCUT2D eigenvalue weighted by Crippen LogP contribution is 1.96. The average molecular weight is 605 g/mol. The van der Waals surface area contributed by atoms with E-state index >= 15 is 0 Å². The molecule has 0 heterocycles. The molecule has 0 aliphatic heterocycles. The van der Waals surface area contributed by atoms with E-state index in [2.05, 4.69) is 31.9 Å². The summed E-state index contributed by atoms with van der Waals surface area (Å²) in [6.07, 6.45) is 2.15. The molecule has 0 aromatic rings. The van der Waals surface area contributed by atoms with E-state index in [9.17, 15) is 19.2 Å². The van der Waals surface area contributed by atoms with Crippen LogP contribution in [-0.4, -0.2) is 128 Å². The normalized spacial score (nSPS) is 12.4. The molecular formula is C26H56N10O6. The molecule has 14 N–H and O–H groups in total. The van der Waals surface area contributed by atoms with Gasteiger partial charge in [-0.1, -0.05) is 0 Å². The van der Waals surface area contributed by atoms with Crippen LogP contribution in [0.3, 0.4) is 0 Å². The maximum absolute atomic E-state index is 12.0. The quantitative estimate of drug-likeness (QED) is 0.0363. The van der Waals surface area contributed by atoms with Crippen LogP contribution in [0, 0.1) is 0 Å². The highest BCUT2D eigenvalue weighted by molar-refractivity contribution is 5.83. The van der Waals surface area contributed by atoms with Crippen LogP contribution < -0.4 is 54.8 Å². The van der Waals surface area contributed by atoms with Crippen LogP contribution in [0.1, 0.15) is 38.5 Å². The predicted octanol–water partition coefficient (Wildman–Crippen LogP) is -4.42. The molecule has 0 radical (unpaired) electrons. The lowest BCUT2D eigenvalue weighted by molar-refractivity contribution is -0.125. The highest BCUT2D eigenvalue weighted by Gasteiger charge is 2.15. The van der Waals surface area contributed by atoms with Gasteiger partial charge in [-0.3, -0.25) is 19.2 Å². The zero-order chi connectivity index (χ0) is 31.3. The molecule has 16 nitrogen and oxygen atoms in total. The van der Waals surface area contributed by atoms with Crippen molar-refractivity contribution in [3.63, 3.8) is 0 Å². The maximum atomic E-state index is 12.0. The first-order valence-corrected chi connectivity index (χ1v) is 14.9. The Bertz CT molecular complexity index is 661. The standard InChI is InChI=1S/C26H56N10O6/c27-7-11-31-13-15-33-23(37)5-3-21(29)25(39)35-9-1-17-41-19-20-42-18-2-10-36-26(40)22(30)4-6-24(38)34-16-14-32-12-8-28/h21-22,31-32H,1-20,27-30H2,(H,33,37)(H,34,38)(H,35,39)(H,36,40). The number of nitrogens with two attached hydrogens (primary N) is 4. The van der Waals surface area contributed by atoms with E-state index in [-0.39, 0.29) is 49.3 Å². The van der Waals surface area contributed by atoms with Gasteiger partial charge in [0.15, 0.2) is 0 Å². The molecule has 0 bridgehead atoms. The first-order valence-electron chi connectivity index (χ1n) is 14.9. The van der Waals surface area contributed by atoms with E-state index in [0.717, 1.165) is 0 Å². The van der Waals surface area contributed by atoms with E-state index in [4.69, 9.17) is 32.4 Å². The van der Waals surface area contributed by atoms with Crippen molar-refractivity contribution < 1.29 is 28.7 Å². The number of nitrogens with one attached hydrogen (secondary N) is 6. The molecule has 0 aromatic heterocycles. The topological polar surface area (TPSA) is 263 Å². The molecule has 42 heavy (non-hydrogen) atoms. The Kier molecular flexibility index (Phi) is 27.0. The SMILES string of the molecule is NCCNCCNC(=O)CCC(N)C(=O)NCCCOCCOCCCNC(=O)C(N)CCC(=O)NCCNCCN. The minimum absolute atomic E-state index is 0.144. The molecule has 16 heteroatoms. The van der Waals surface area contributed by atoms with Gasteiger partial charge in [-0.15, -0.1) is 0 Å². The van der Waals surface area contributed by atoms with Gasteiger partial charge in [0.2, 0.25) is 23.6 Å². The molecule has 0 saturated carbocycles. The van der Waals surface area contributed by atoms with Gasteiger partial charge < -0.3 is 64.3 Å². The van der Waals surface area contributed by atoms with Crippen molar-refractivity contribution in [3.8, 4) is 0 Å². The third-order valence-corrected chi connectivity index (χ3v) is 5.83. The zero-order valence-corrected chi connectivity index (χ0v) is 25.1. The van der Waals surface area contributed by atoms with Crippen LogP contribution in [-0.2, 0) is 28.7 Å². The smallest absolute Gasteiger partial charge is 0.236 e. The second kappa shape index (κ2) is 28.7. The first-order chi connectivity index (χ1) is 20.3. The molecule has 0 aliphatic carbocycles. The van der Waals surface area contributed by atoms with Crippen molar-refractivity contribution >= 4 is 23.6 Å². The van der Waals surface area contributed by atoms with Crippen molar-refractivity contribution in [2.75, 3.05) is 91.9 Å². The second-order valence-electron chi connectivity index (χ2n) is 9.58. The number of hydrogen-bond donors (Lipinski definition) is 10. The van der Waals surface area contributed by atoms with Gasteiger partial charge in [0, 0.05) is 91.5 Å². The average Bonchev–Trinajstić information content (AvgIpc) is 2.98. The van der Waals surface area contributed by atoms with Crippen LogP contribution in [0.5, 0.6) is 0 Å². The number of carbonyl (C=O) groups excluding carboxylic acids is 4. The summed E-state index contributed by atoms with van der Waals surface area (Å²) in [5.41, 5.74) is 22.5. The monoisotopic (exact) mass is 604 g/mol. The Balaban J connectivity index is 3.57. The van der Waals surface area contributed by atoms with Crippen LogP contribution in [0.4, 0.5) is 0 Å². The molecule has 0 aromatic carbocycles. The lowest BCUT2D eigenvalue weighted by atomic mass is 10.1. The summed E-state index contributed by atoms with van der Waals surface area (Å²) in [6, 6.07) is -1.49. The third-order valence-electron chi connectivity index (χ3n) is 5.83. The summed E-state index contributed by atoms with van der Waals surface area (Å²) >= 11 is 0. The minimum atomic E-state index is -0.743. The number of ether oxygens (including phenoxy) is 2. The van der Waals surface area contributed by atoms with Crippen LogP contribution in [0.2, 0.25) is 0 Å². The van der Waals surface area contributed by atoms with Crippen molar-refractivity contribution in [1.82, 2.24) is 31.9 Å². The summed E-state index contributed by atoms with van der Waals surface area (Å²) in [7, 11) is 0. The molecule has 2 unspecified atom stereocenters. The molecule has 4 amide bonds. The fourth-order valence-corrected chi connectivity index (χ4v) is 3.40. The van der Waals surface area contributed by atoms with Crippen LogP contribution in [0.15, 0.2) is 0 Å². The van der Waals surface area contributed by atoms with Crippen molar-refractivity contribution in [1.29, 1.82) is 0 Å². The van der Waals surface area contributed by atoms with Gasteiger partial charge in [-0.2, -0.15) is 0 Å². The van der Waals surface area contributed by atoms with Gasteiger partial charge >= 0.3 is 0 Å². The largest absolute Gasteiger partial charge is 0.379 e. The van der Waals surface area contributed by atoms with Gasteiger partial charge in [-0.05, 0) is 25.7 Å². The molecule has 0 rings (SSSR count). The Hall–Kier alpha value is -2.44. The summed E-state index contributed by atoms with van der Waals surface area (Å²) in [5.74, 6) is -0.878. The molecule has 246 valence electrons. The van der Waals surface area contributed by atoms with Crippen molar-refractivity contribution in [3.05, 3.63) is 0 Å². The lowest BCUT2D eigenvalue weighted by Gasteiger charge is -2.13. The van der Waals surface area contributed by atoms with E-state index in [1.165, 1.54) is 0 Å². The Morgan fingerprint density at radius 1 is 0.524 bits per heavy atom. The summed E-state index contributed by atoms with van der Waals surface area (Å²) < 4.78 is 11.0. The van der Waals surface area contributed by atoms with Gasteiger partial charge in [0.25, 0.3) is 0 Å². The summed E-state index contributed by atoms with van der Waals surface area (Å²) in [5, 5.41) is 17.2. The number of rotatable bonds is 29. The van der Waals surface area contributed by atoms with E-state index in [1.807, 2.05) is 0 Å². The summed E-state index contributed by atoms with van der Waals surface area (Å²) in [4.78, 5) is 47.7. The second-order valence-corrected chi connectivity index (χ2v) is 9.58. The van der Waals surface area contributed by atoms with E-state index < -0.39 is 12.1 Å². The Morgan fingerprint density at radius 2 is 0.929 bits per heavy atom. The Morgan fingerprint density at radius 3 is 1.31 bits per heavy atom.